The second-order valence-corrected chi connectivity index (χ2v) is 5.96. The molecule has 1 atom stereocenters. The van der Waals surface area contributed by atoms with Gasteiger partial charge in [0.2, 0.25) is 5.91 Å². The van der Waals surface area contributed by atoms with Crippen LogP contribution in [0.2, 0.25) is 0 Å². The lowest BCUT2D eigenvalue weighted by Crippen LogP contribution is -2.26. The minimum absolute atomic E-state index is 0.0734. The number of nitrogens with one attached hydrogen (secondary N) is 3. The molecular formula is C19H22N4O4. The Morgan fingerprint density at radius 2 is 1.81 bits per heavy atom. The zero-order valence-electron chi connectivity index (χ0n) is 15.4. The summed E-state index contributed by atoms with van der Waals surface area (Å²) in [4.78, 5) is 34.4. The van der Waals surface area contributed by atoms with Gasteiger partial charge in [-0.05, 0) is 36.8 Å². The van der Waals surface area contributed by atoms with Crippen molar-refractivity contribution in [2.24, 2.45) is 0 Å². The highest BCUT2D eigenvalue weighted by Gasteiger charge is 2.18. The lowest BCUT2D eigenvalue weighted by molar-refractivity contribution is -0.384. The summed E-state index contributed by atoms with van der Waals surface area (Å²) >= 11 is 0. The minimum atomic E-state index is -0.532. The molecule has 0 saturated carbocycles. The molecule has 1 unspecified atom stereocenters. The van der Waals surface area contributed by atoms with Crippen molar-refractivity contribution in [2.45, 2.75) is 26.3 Å². The van der Waals surface area contributed by atoms with E-state index < -0.39 is 10.8 Å². The van der Waals surface area contributed by atoms with Gasteiger partial charge in [-0.3, -0.25) is 19.7 Å². The highest BCUT2D eigenvalue weighted by Crippen LogP contribution is 2.25. The maximum Gasteiger partial charge on any atom is 0.293 e. The molecule has 0 fully saturated rings. The predicted molar refractivity (Wildman–Crippen MR) is 104 cm³/mol. The summed E-state index contributed by atoms with van der Waals surface area (Å²) in [7, 11) is 1.58. The van der Waals surface area contributed by atoms with Crippen LogP contribution in [0.1, 0.15) is 42.2 Å². The van der Waals surface area contributed by atoms with Crippen LogP contribution in [0, 0.1) is 10.1 Å². The summed E-state index contributed by atoms with van der Waals surface area (Å²) < 4.78 is 0. The third-order valence-corrected chi connectivity index (χ3v) is 4.09. The van der Waals surface area contributed by atoms with E-state index in [0.717, 1.165) is 5.56 Å². The number of amides is 2. The van der Waals surface area contributed by atoms with Gasteiger partial charge in [0.1, 0.15) is 5.69 Å². The number of nitro benzene ring substituents is 1. The maximum absolute atomic E-state index is 12.4. The highest BCUT2D eigenvalue weighted by molar-refractivity contribution is 5.96. The molecule has 0 aliphatic carbocycles. The Hall–Kier alpha value is -3.42. The van der Waals surface area contributed by atoms with Gasteiger partial charge in [0, 0.05) is 30.8 Å². The molecule has 0 bridgehead atoms. The van der Waals surface area contributed by atoms with Crippen LogP contribution >= 0.6 is 0 Å². The van der Waals surface area contributed by atoms with Crippen LogP contribution < -0.4 is 16.0 Å². The Bertz CT molecular complexity index is 849. The quantitative estimate of drug-likeness (QED) is 0.510. The third kappa shape index (κ3) is 5.04. The first-order valence-electron chi connectivity index (χ1n) is 8.52. The van der Waals surface area contributed by atoms with Crippen molar-refractivity contribution in [3.8, 4) is 0 Å². The summed E-state index contributed by atoms with van der Waals surface area (Å²) in [5.74, 6) is -0.479. The third-order valence-electron chi connectivity index (χ3n) is 4.09. The molecule has 0 aliphatic rings. The van der Waals surface area contributed by atoms with Gasteiger partial charge < -0.3 is 16.0 Å². The van der Waals surface area contributed by atoms with Gasteiger partial charge in [0.25, 0.3) is 11.6 Å². The number of carbonyl (C=O) groups is 2. The number of nitrogens with zero attached hydrogens (tertiary/aromatic N) is 1. The van der Waals surface area contributed by atoms with E-state index in [-0.39, 0.29) is 23.2 Å². The van der Waals surface area contributed by atoms with Crippen LogP contribution in [0.15, 0.2) is 42.5 Å². The molecule has 0 saturated heterocycles. The van der Waals surface area contributed by atoms with E-state index >= 15 is 0 Å². The molecule has 3 N–H and O–H groups in total. The number of hydrogen-bond acceptors (Lipinski definition) is 5. The smallest absolute Gasteiger partial charge is 0.293 e. The largest absolute Gasteiger partial charge is 0.383 e. The minimum Gasteiger partial charge on any atom is -0.383 e. The lowest BCUT2D eigenvalue weighted by Gasteiger charge is -2.15. The average molecular weight is 370 g/mol. The van der Waals surface area contributed by atoms with Gasteiger partial charge in [-0.2, -0.15) is 0 Å². The van der Waals surface area contributed by atoms with E-state index in [1.807, 2.05) is 19.1 Å². The topological polar surface area (TPSA) is 113 Å². The molecule has 2 amide bonds. The summed E-state index contributed by atoms with van der Waals surface area (Å²) in [6.07, 6.45) is 0.396. The summed E-state index contributed by atoms with van der Waals surface area (Å²) in [5.41, 5.74) is 1.92. The standard InChI is InChI=1S/C19H22N4O4/c1-4-18(24)22-15-8-5-13(6-9-15)12(2)21-19(25)14-7-10-16(20-3)17(11-14)23(26)27/h5-12,20H,4H2,1-3H3,(H,21,25)(H,22,24). The fourth-order valence-electron chi connectivity index (χ4n) is 2.50. The zero-order valence-corrected chi connectivity index (χ0v) is 15.4. The molecule has 0 spiro atoms. The number of hydrogen-bond donors (Lipinski definition) is 3. The van der Waals surface area contributed by atoms with Crippen molar-refractivity contribution in [3.05, 3.63) is 63.7 Å². The fraction of sp³-hybridized carbons (Fsp3) is 0.263. The molecule has 142 valence electrons. The van der Waals surface area contributed by atoms with Crippen LogP contribution in [0.3, 0.4) is 0 Å². The molecule has 2 rings (SSSR count). The van der Waals surface area contributed by atoms with Gasteiger partial charge >= 0.3 is 0 Å². The number of rotatable bonds is 7. The van der Waals surface area contributed by atoms with Gasteiger partial charge in [0.15, 0.2) is 0 Å². The normalized spacial score (nSPS) is 11.4. The molecule has 8 nitrogen and oxygen atoms in total. The Morgan fingerprint density at radius 1 is 1.15 bits per heavy atom. The van der Waals surface area contributed by atoms with Gasteiger partial charge in [-0.1, -0.05) is 19.1 Å². The molecule has 0 heterocycles. The molecule has 2 aromatic rings. The predicted octanol–water partition coefficient (Wildman–Crippen LogP) is 3.48. The van der Waals surface area contributed by atoms with Crippen LogP contribution in [0.5, 0.6) is 0 Å². The number of carbonyl (C=O) groups excluding carboxylic acids is 2. The van der Waals surface area contributed by atoms with Crippen molar-refractivity contribution in [3.63, 3.8) is 0 Å². The zero-order chi connectivity index (χ0) is 20.0. The lowest BCUT2D eigenvalue weighted by atomic mass is 10.1. The van der Waals surface area contributed by atoms with Crippen LogP contribution in [-0.4, -0.2) is 23.8 Å². The molecular weight excluding hydrogens is 348 g/mol. The Balaban J connectivity index is 2.10. The second-order valence-electron chi connectivity index (χ2n) is 5.96. The molecule has 0 radical (unpaired) electrons. The maximum atomic E-state index is 12.4. The van der Waals surface area contributed by atoms with E-state index in [2.05, 4.69) is 16.0 Å². The fourth-order valence-corrected chi connectivity index (χ4v) is 2.50. The first kappa shape index (κ1) is 19.9. The summed E-state index contributed by atoms with van der Waals surface area (Å²) in [6, 6.07) is 11.1. The van der Waals surface area contributed by atoms with Crippen LogP contribution in [-0.2, 0) is 4.79 Å². The van der Waals surface area contributed by atoms with Gasteiger partial charge in [-0.25, -0.2) is 0 Å². The van der Waals surface area contributed by atoms with Crippen LogP contribution in [0.4, 0.5) is 17.1 Å². The molecule has 2 aromatic carbocycles. The number of benzene rings is 2. The van der Waals surface area contributed by atoms with Crippen molar-refractivity contribution >= 4 is 28.9 Å². The highest BCUT2D eigenvalue weighted by atomic mass is 16.6. The van der Waals surface area contributed by atoms with E-state index in [4.69, 9.17) is 0 Å². The number of anilines is 2. The molecule has 27 heavy (non-hydrogen) atoms. The number of nitro groups is 1. The summed E-state index contributed by atoms with van der Waals surface area (Å²) in [5, 5.41) is 19.4. The second kappa shape index (κ2) is 8.79. The molecule has 0 aromatic heterocycles. The average Bonchev–Trinajstić information content (AvgIpc) is 2.67. The van der Waals surface area contributed by atoms with E-state index in [0.29, 0.717) is 17.8 Å². The van der Waals surface area contributed by atoms with Gasteiger partial charge in [-0.15, -0.1) is 0 Å². The van der Waals surface area contributed by atoms with E-state index in [1.54, 1.807) is 26.1 Å². The first-order chi connectivity index (χ1) is 12.8. The molecule has 8 heteroatoms. The summed E-state index contributed by atoms with van der Waals surface area (Å²) in [6.45, 7) is 3.59. The first-order valence-corrected chi connectivity index (χ1v) is 8.52. The Kier molecular flexibility index (Phi) is 6.48. The van der Waals surface area contributed by atoms with E-state index in [1.165, 1.54) is 18.2 Å². The van der Waals surface area contributed by atoms with Crippen molar-refractivity contribution < 1.29 is 14.5 Å². The Labute approximate surface area is 157 Å². The van der Waals surface area contributed by atoms with Crippen LogP contribution in [0.25, 0.3) is 0 Å². The van der Waals surface area contributed by atoms with Crippen molar-refractivity contribution in [1.82, 2.24) is 5.32 Å². The Morgan fingerprint density at radius 3 is 2.37 bits per heavy atom. The van der Waals surface area contributed by atoms with Gasteiger partial charge in [0.05, 0.1) is 11.0 Å². The SMILES string of the molecule is CCC(=O)Nc1ccc(C(C)NC(=O)c2ccc(NC)c([N+](=O)[O-])c2)cc1. The molecule has 0 aliphatic heterocycles. The van der Waals surface area contributed by atoms with Crippen molar-refractivity contribution in [2.75, 3.05) is 17.7 Å². The van der Waals surface area contributed by atoms with E-state index in [9.17, 15) is 19.7 Å². The monoisotopic (exact) mass is 370 g/mol. The van der Waals surface area contributed by atoms with Crippen molar-refractivity contribution in [1.29, 1.82) is 0 Å².